The molecule has 6 nitrogen and oxygen atoms in total. The summed E-state index contributed by atoms with van der Waals surface area (Å²) in [6, 6.07) is 7.12. The summed E-state index contributed by atoms with van der Waals surface area (Å²) in [5.74, 6) is 0.0939. The van der Waals surface area contributed by atoms with E-state index in [0.29, 0.717) is 24.6 Å². The van der Waals surface area contributed by atoms with Crippen molar-refractivity contribution in [1.29, 1.82) is 0 Å². The molecule has 28 heavy (non-hydrogen) atoms. The van der Waals surface area contributed by atoms with Crippen LogP contribution in [-0.2, 0) is 6.54 Å². The zero-order valence-corrected chi connectivity index (χ0v) is 16.6. The Bertz CT molecular complexity index is 780. The fraction of sp³-hybridized carbons (Fsp3) is 0.476. The maximum Gasteiger partial charge on any atom is 0.316 e. The van der Waals surface area contributed by atoms with Crippen molar-refractivity contribution in [3.63, 3.8) is 0 Å². The Morgan fingerprint density at radius 3 is 2.50 bits per heavy atom. The molecule has 1 aliphatic rings. The number of benzene rings is 1. The Labute approximate surface area is 165 Å². The third-order valence-corrected chi connectivity index (χ3v) is 5.16. The highest BCUT2D eigenvalue weighted by atomic mass is 19.1. The Hall–Kier alpha value is -2.54. The Kier molecular flexibility index (Phi) is 6.57. The lowest BCUT2D eigenvalue weighted by molar-refractivity contribution is 0.0701. The number of carbonyl (C=O) groups excluding carboxylic acids is 1. The molecule has 0 saturated carbocycles. The first-order valence-electron chi connectivity index (χ1n) is 9.61. The highest BCUT2D eigenvalue weighted by molar-refractivity contribution is 5.93. The van der Waals surface area contributed by atoms with Crippen LogP contribution in [0.2, 0.25) is 0 Å². The summed E-state index contributed by atoms with van der Waals surface area (Å²) in [5, 5.41) is 0. The minimum atomic E-state index is -0.224. The van der Waals surface area contributed by atoms with E-state index in [0.717, 1.165) is 25.1 Å². The molecule has 0 aliphatic carbocycles. The molecule has 2 heterocycles. The van der Waals surface area contributed by atoms with Gasteiger partial charge in [0.05, 0.1) is 12.7 Å². The second kappa shape index (κ2) is 9.10. The quantitative estimate of drug-likeness (QED) is 0.791. The van der Waals surface area contributed by atoms with Crippen molar-refractivity contribution in [1.82, 2.24) is 19.8 Å². The molecule has 1 aromatic carbocycles. The van der Waals surface area contributed by atoms with Gasteiger partial charge in [0.25, 0.3) is 5.91 Å². The first-order chi connectivity index (χ1) is 13.5. The molecule has 0 spiro atoms. The largest absolute Gasteiger partial charge is 0.467 e. The van der Waals surface area contributed by atoms with Crippen molar-refractivity contribution in [2.45, 2.75) is 32.9 Å². The van der Waals surface area contributed by atoms with Crippen LogP contribution in [0.15, 0.2) is 36.7 Å². The standard InChI is InChI=1S/C21H27FN4O2/c1-15(2)19-14-26(20(27)17-11-23-21(28-3)24-12-17)10-4-9-25(19)13-16-5-7-18(22)8-6-16/h5-8,11-12,15,19H,4,9-10,13-14H2,1-3H3/t19-/m1/s1. The van der Waals surface area contributed by atoms with Gasteiger partial charge in [-0.1, -0.05) is 26.0 Å². The van der Waals surface area contributed by atoms with Crippen LogP contribution < -0.4 is 4.74 Å². The molecule has 3 rings (SSSR count). The van der Waals surface area contributed by atoms with Gasteiger partial charge in [0.1, 0.15) is 5.82 Å². The molecule has 1 amide bonds. The Morgan fingerprint density at radius 2 is 1.89 bits per heavy atom. The molecular formula is C21H27FN4O2. The van der Waals surface area contributed by atoms with Gasteiger partial charge >= 0.3 is 6.01 Å². The molecule has 2 aromatic rings. The van der Waals surface area contributed by atoms with Crippen LogP contribution in [0.3, 0.4) is 0 Å². The van der Waals surface area contributed by atoms with E-state index in [1.54, 1.807) is 0 Å². The number of hydrogen-bond donors (Lipinski definition) is 0. The van der Waals surface area contributed by atoms with Crippen LogP contribution >= 0.6 is 0 Å². The van der Waals surface area contributed by atoms with E-state index in [2.05, 4.69) is 28.7 Å². The van der Waals surface area contributed by atoms with Crippen LogP contribution in [0.1, 0.15) is 36.2 Å². The van der Waals surface area contributed by atoms with Crippen molar-refractivity contribution in [3.05, 3.63) is 53.6 Å². The average Bonchev–Trinajstić information content (AvgIpc) is 2.92. The minimum absolute atomic E-state index is 0.0584. The Balaban J connectivity index is 1.74. The highest BCUT2D eigenvalue weighted by Gasteiger charge is 2.30. The average molecular weight is 386 g/mol. The number of amides is 1. The smallest absolute Gasteiger partial charge is 0.316 e. The maximum absolute atomic E-state index is 13.2. The minimum Gasteiger partial charge on any atom is -0.467 e. The monoisotopic (exact) mass is 386 g/mol. The van der Waals surface area contributed by atoms with Crippen LogP contribution in [0.4, 0.5) is 4.39 Å². The van der Waals surface area contributed by atoms with Gasteiger partial charge in [-0.15, -0.1) is 0 Å². The second-order valence-corrected chi connectivity index (χ2v) is 7.47. The fourth-order valence-corrected chi connectivity index (χ4v) is 3.62. The lowest BCUT2D eigenvalue weighted by Gasteiger charge is -2.34. The number of hydrogen-bond acceptors (Lipinski definition) is 5. The van der Waals surface area contributed by atoms with Crippen molar-refractivity contribution in [2.75, 3.05) is 26.7 Å². The van der Waals surface area contributed by atoms with Gasteiger partial charge < -0.3 is 9.64 Å². The summed E-state index contributed by atoms with van der Waals surface area (Å²) in [4.78, 5) is 25.3. The van der Waals surface area contributed by atoms with Crippen LogP contribution in [0, 0.1) is 11.7 Å². The van der Waals surface area contributed by atoms with E-state index in [9.17, 15) is 9.18 Å². The van der Waals surface area contributed by atoms with Crippen molar-refractivity contribution in [3.8, 4) is 6.01 Å². The number of nitrogens with zero attached hydrogens (tertiary/aromatic N) is 4. The molecule has 7 heteroatoms. The van der Waals surface area contributed by atoms with Crippen molar-refractivity contribution in [2.24, 2.45) is 5.92 Å². The highest BCUT2D eigenvalue weighted by Crippen LogP contribution is 2.21. The predicted octanol–water partition coefficient (Wildman–Crippen LogP) is 3.00. The van der Waals surface area contributed by atoms with E-state index in [1.165, 1.54) is 31.6 Å². The molecule has 1 atom stereocenters. The number of halogens is 1. The van der Waals surface area contributed by atoms with Gasteiger partial charge in [0.2, 0.25) is 0 Å². The SMILES string of the molecule is COc1ncc(C(=O)N2CCCN(Cc3ccc(F)cc3)[C@@H](C(C)C)C2)cn1. The molecule has 0 unspecified atom stereocenters. The Morgan fingerprint density at radius 1 is 1.21 bits per heavy atom. The van der Waals surface area contributed by atoms with E-state index in [4.69, 9.17) is 4.74 Å². The summed E-state index contributed by atoms with van der Waals surface area (Å²) in [6.45, 7) is 7.32. The van der Waals surface area contributed by atoms with Gasteiger partial charge in [0, 0.05) is 44.6 Å². The molecular weight excluding hydrogens is 359 g/mol. The maximum atomic E-state index is 13.2. The molecule has 1 aromatic heterocycles. The zero-order valence-electron chi connectivity index (χ0n) is 16.6. The number of aromatic nitrogens is 2. The van der Waals surface area contributed by atoms with Gasteiger partial charge in [0.15, 0.2) is 0 Å². The van der Waals surface area contributed by atoms with E-state index >= 15 is 0 Å². The van der Waals surface area contributed by atoms with Gasteiger partial charge in [-0.2, -0.15) is 0 Å². The first-order valence-corrected chi connectivity index (χ1v) is 9.61. The number of carbonyl (C=O) groups is 1. The summed E-state index contributed by atoms with van der Waals surface area (Å²) in [5.41, 5.74) is 1.55. The van der Waals surface area contributed by atoms with Gasteiger partial charge in [-0.3, -0.25) is 9.69 Å². The zero-order chi connectivity index (χ0) is 20.1. The second-order valence-electron chi connectivity index (χ2n) is 7.47. The predicted molar refractivity (Wildman–Crippen MR) is 105 cm³/mol. The van der Waals surface area contributed by atoms with Crippen LogP contribution in [0.25, 0.3) is 0 Å². The molecule has 0 radical (unpaired) electrons. The molecule has 1 aliphatic heterocycles. The molecule has 0 bridgehead atoms. The number of ether oxygens (including phenoxy) is 1. The summed E-state index contributed by atoms with van der Waals surface area (Å²) in [7, 11) is 1.49. The normalized spacial score (nSPS) is 18.2. The summed E-state index contributed by atoms with van der Waals surface area (Å²) < 4.78 is 18.2. The van der Waals surface area contributed by atoms with Crippen LogP contribution in [-0.4, -0.2) is 58.5 Å². The third-order valence-electron chi connectivity index (χ3n) is 5.16. The van der Waals surface area contributed by atoms with E-state index < -0.39 is 0 Å². The van der Waals surface area contributed by atoms with Gasteiger partial charge in [-0.25, -0.2) is 14.4 Å². The molecule has 1 fully saturated rings. The first kappa shape index (κ1) is 20.2. The lowest BCUT2D eigenvalue weighted by Crippen LogP contribution is -2.45. The summed E-state index contributed by atoms with van der Waals surface area (Å²) >= 11 is 0. The van der Waals surface area contributed by atoms with Crippen LogP contribution in [0.5, 0.6) is 6.01 Å². The fourth-order valence-electron chi connectivity index (χ4n) is 3.62. The lowest BCUT2D eigenvalue weighted by atomic mass is 10.0. The molecule has 0 N–H and O–H groups in total. The third kappa shape index (κ3) is 4.84. The van der Waals surface area contributed by atoms with E-state index in [-0.39, 0.29) is 23.8 Å². The van der Waals surface area contributed by atoms with Crippen molar-refractivity contribution >= 4 is 5.91 Å². The molecule has 150 valence electrons. The van der Waals surface area contributed by atoms with E-state index in [1.807, 2.05) is 17.0 Å². The summed E-state index contributed by atoms with van der Waals surface area (Å²) in [6.07, 6.45) is 3.91. The number of methoxy groups -OCH3 is 1. The molecule has 1 saturated heterocycles. The number of rotatable bonds is 5. The topological polar surface area (TPSA) is 58.6 Å². The van der Waals surface area contributed by atoms with Gasteiger partial charge in [-0.05, 0) is 30.0 Å². The van der Waals surface area contributed by atoms with Crippen molar-refractivity contribution < 1.29 is 13.9 Å².